The highest BCUT2D eigenvalue weighted by Crippen LogP contribution is 2.37. The molecule has 0 saturated heterocycles. The van der Waals surface area contributed by atoms with Gasteiger partial charge >= 0.3 is 5.97 Å². The lowest BCUT2D eigenvalue weighted by Gasteiger charge is -2.04. The van der Waals surface area contributed by atoms with Crippen LogP contribution in [0.15, 0.2) is 41.5 Å². The zero-order valence-electron chi connectivity index (χ0n) is 16.1. The van der Waals surface area contributed by atoms with Gasteiger partial charge in [0.05, 0.1) is 23.0 Å². The van der Waals surface area contributed by atoms with Gasteiger partial charge in [-0.25, -0.2) is 4.98 Å². The van der Waals surface area contributed by atoms with Gasteiger partial charge in [-0.1, -0.05) is 17.4 Å². The normalized spacial score (nSPS) is 13.3. The molecule has 9 nitrogen and oxygen atoms in total. The zero-order valence-corrected chi connectivity index (χ0v) is 16.9. The highest BCUT2D eigenvalue weighted by Gasteiger charge is 2.21. The van der Waals surface area contributed by atoms with E-state index >= 15 is 0 Å². The van der Waals surface area contributed by atoms with Crippen molar-refractivity contribution in [3.8, 4) is 11.5 Å². The molecule has 1 aliphatic heterocycles. The molecule has 4 aromatic rings. The summed E-state index contributed by atoms with van der Waals surface area (Å²) in [6.07, 6.45) is 1.77. The number of fused-ring (bicyclic) bond motifs is 3. The number of rotatable bonds is 3. The van der Waals surface area contributed by atoms with E-state index in [1.54, 1.807) is 28.2 Å². The third-order valence-electron chi connectivity index (χ3n) is 4.80. The van der Waals surface area contributed by atoms with Gasteiger partial charge in [-0.3, -0.25) is 14.0 Å². The smallest absolute Gasteiger partial charge is 0.325 e. The van der Waals surface area contributed by atoms with Crippen molar-refractivity contribution in [2.45, 2.75) is 13.5 Å². The first kappa shape index (κ1) is 18.4. The SMILES string of the molecule is COC(=O)Cn1c(=NC(=O)c2c(C)nc3ccccn23)sc2cc3c(cc21)OCO3. The summed E-state index contributed by atoms with van der Waals surface area (Å²) in [5, 5.41) is 0. The Morgan fingerprint density at radius 2 is 2.07 bits per heavy atom. The Morgan fingerprint density at radius 1 is 1.27 bits per heavy atom. The molecule has 0 spiro atoms. The molecule has 4 heterocycles. The maximum atomic E-state index is 13.1. The predicted octanol–water partition coefficient (Wildman–Crippen LogP) is 2.30. The Hall–Kier alpha value is -3.66. The molecule has 0 bridgehead atoms. The minimum atomic E-state index is -0.452. The van der Waals surface area contributed by atoms with Crippen LogP contribution in [0, 0.1) is 6.92 Å². The fourth-order valence-corrected chi connectivity index (χ4v) is 4.44. The summed E-state index contributed by atoms with van der Waals surface area (Å²) in [6.45, 7) is 1.82. The number of carbonyl (C=O) groups excluding carboxylic acids is 2. The van der Waals surface area contributed by atoms with Gasteiger partial charge in [-0.15, -0.1) is 0 Å². The number of amides is 1. The first-order valence-electron chi connectivity index (χ1n) is 9.07. The Labute approximate surface area is 173 Å². The van der Waals surface area contributed by atoms with Crippen LogP contribution in [0.3, 0.4) is 0 Å². The number of pyridine rings is 1. The maximum absolute atomic E-state index is 13.1. The molecule has 0 aliphatic carbocycles. The second-order valence-corrected chi connectivity index (χ2v) is 7.62. The molecule has 3 aromatic heterocycles. The molecule has 1 amide bonds. The summed E-state index contributed by atoms with van der Waals surface area (Å²) in [5.41, 5.74) is 2.33. The van der Waals surface area contributed by atoms with Crippen molar-refractivity contribution in [1.29, 1.82) is 0 Å². The number of nitrogens with zero attached hydrogens (tertiary/aromatic N) is 4. The van der Waals surface area contributed by atoms with Crippen LogP contribution >= 0.6 is 11.3 Å². The fourth-order valence-electron chi connectivity index (χ4n) is 3.40. The predicted molar refractivity (Wildman–Crippen MR) is 108 cm³/mol. The highest BCUT2D eigenvalue weighted by molar-refractivity contribution is 7.16. The standard InChI is InChI=1S/C20H16N4O5S/c1-11-18(23-6-4-3-5-16(23)21-11)19(26)22-20-24(9-17(25)27-2)12-7-13-14(29-10-28-13)8-15(12)30-20/h3-8H,9-10H2,1-2H3. The summed E-state index contributed by atoms with van der Waals surface area (Å²) in [4.78, 5) is 34.2. The number of benzene rings is 1. The van der Waals surface area contributed by atoms with Gasteiger partial charge in [-0.2, -0.15) is 4.99 Å². The van der Waals surface area contributed by atoms with Crippen molar-refractivity contribution in [3.63, 3.8) is 0 Å². The van der Waals surface area contributed by atoms with E-state index in [0.717, 1.165) is 4.70 Å². The number of hydrogen-bond acceptors (Lipinski definition) is 7. The average molecular weight is 424 g/mol. The van der Waals surface area contributed by atoms with Crippen LogP contribution in [0.1, 0.15) is 16.2 Å². The number of methoxy groups -OCH3 is 1. The maximum Gasteiger partial charge on any atom is 0.325 e. The molecule has 1 aliphatic rings. The van der Waals surface area contributed by atoms with Crippen LogP contribution in [0.5, 0.6) is 11.5 Å². The first-order valence-corrected chi connectivity index (χ1v) is 9.89. The molecule has 30 heavy (non-hydrogen) atoms. The summed E-state index contributed by atoms with van der Waals surface area (Å²) in [6, 6.07) is 9.09. The molecule has 0 atom stereocenters. The van der Waals surface area contributed by atoms with E-state index in [1.165, 1.54) is 18.4 Å². The lowest BCUT2D eigenvalue weighted by atomic mass is 10.3. The van der Waals surface area contributed by atoms with Gasteiger partial charge in [-0.05, 0) is 19.1 Å². The Balaban J connectivity index is 1.69. The number of esters is 1. The monoisotopic (exact) mass is 424 g/mol. The first-order chi connectivity index (χ1) is 14.5. The van der Waals surface area contributed by atoms with Crippen molar-refractivity contribution in [2.24, 2.45) is 4.99 Å². The second-order valence-electron chi connectivity index (χ2n) is 6.61. The molecule has 0 fully saturated rings. The van der Waals surface area contributed by atoms with E-state index in [0.29, 0.717) is 38.9 Å². The summed E-state index contributed by atoms with van der Waals surface area (Å²) in [7, 11) is 1.32. The molecular weight excluding hydrogens is 408 g/mol. The lowest BCUT2D eigenvalue weighted by Crippen LogP contribution is -2.22. The van der Waals surface area contributed by atoms with E-state index in [1.807, 2.05) is 24.3 Å². The summed E-state index contributed by atoms with van der Waals surface area (Å²) in [5.74, 6) is 0.294. The number of ether oxygens (including phenoxy) is 3. The van der Waals surface area contributed by atoms with Gasteiger partial charge < -0.3 is 18.8 Å². The van der Waals surface area contributed by atoms with E-state index in [9.17, 15) is 9.59 Å². The third-order valence-corrected chi connectivity index (χ3v) is 5.84. The molecule has 0 saturated carbocycles. The van der Waals surface area contributed by atoms with Crippen LogP contribution in [0.2, 0.25) is 0 Å². The quantitative estimate of drug-likeness (QED) is 0.468. The summed E-state index contributed by atoms with van der Waals surface area (Å²) >= 11 is 1.28. The van der Waals surface area contributed by atoms with Gasteiger partial charge in [0.1, 0.15) is 17.9 Å². The molecule has 1 aromatic carbocycles. The van der Waals surface area contributed by atoms with Crippen molar-refractivity contribution in [3.05, 3.63) is 52.7 Å². The second kappa shape index (κ2) is 6.99. The number of aromatic nitrogens is 3. The fraction of sp³-hybridized carbons (Fsp3) is 0.200. The van der Waals surface area contributed by atoms with E-state index < -0.39 is 11.9 Å². The molecule has 10 heteroatoms. The van der Waals surface area contributed by atoms with E-state index in [4.69, 9.17) is 14.2 Å². The Bertz CT molecular complexity index is 1400. The van der Waals surface area contributed by atoms with Crippen LogP contribution in [-0.2, 0) is 16.1 Å². The number of thiazole rings is 1. The van der Waals surface area contributed by atoms with Crippen molar-refractivity contribution >= 4 is 39.1 Å². The topological polar surface area (TPSA) is 96.4 Å². The largest absolute Gasteiger partial charge is 0.468 e. The van der Waals surface area contributed by atoms with Crippen molar-refractivity contribution in [1.82, 2.24) is 14.0 Å². The Morgan fingerprint density at radius 3 is 2.87 bits per heavy atom. The number of aryl methyl sites for hydroxylation is 1. The minimum absolute atomic E-state index is 0.0889. The molecule has 5 rings (SSSR count). The number of carbonyl (C=O) groups is 2. The van der Waals surface area contributed by atoms with Gasteiger partial charge in [0.25, 0.3) is 5.91 Å². The van der Waals surface area contributed by atoms with Gasteiger partial charge in [0.2, 0.25) is 6.79 Å². The average Bonchev–Trinajstić information content (AvgIpc) is 3.41. The van der Waals surface area contributed by atoms with E-state index in [-0.39, 0.29) is 13.3 Å². The van der Waals surface area contributed by atoms with Crippen LogP contribution < -0.4 is 14.3 Å². The van der Waals surface area contributed by atoms with Crippen LogP contribution in [0.4, 0.5) is 0 Å². The highest BCUT2D eigenvalue weighted by atomic mass is 32.1. The summed E-state index contributed by atoms with van der Waals surface area (Å²) < 4.78 is 19.9. The zero-order chi connectivity index (χ0) is 20.8. The Kier molecular flexibility index (Phi) is 4.28. The van der Waals surface area contributed by atoms with Gasteiger partial charge in [0, 0.05) is 18.3 Å². The van der Waals surface area contributed by atoms with E-state index in [2.05, 4.69) is 9.98 Å². The van der Waals surface area contributed by atoms with Crippen LogP contribution in [-0.4, -0.2) is 39.7 Å². The van der Waals surface area contributed by atoms with Crippen molar-refractivity contribution < 1.29 is 23.8 Å². The van der Waals surface area contributed by atoms with Crippen molar-refractivity contribution in [2.75, 3.05) is 13.9 Å². The number of hydrogen-bond donors (Lipinski definition) is 0. The minimum Gasteiger partial charge on any atom is -0.468 e. The van der Waals surface area contributed by atoms with Crippen LogP contribution in [0.25, 0.3) is 15.9 Å². The number of imidazole rings is 1. The molecule has 0 unspecified atom stereocenters. The molecule has 152 valence electrons. The molecule has 0 radical (unpaired) electrons. The third kappa shape index (κ3) is 2.92. The van der Waals surface area contributed by atoms with Gasteiger partial charge in [0.15, 0.2) is 16.3 Å². The lowest BCUT2D eigenvalue weighted by molar-refractivity contribution is -0.141. The molecule has 0 N–H and O–H groups in total. The molecular formula is C20H16N4O5S.